The Hall–Kier alpha value is -3.04. The second kappa shape index (κ2) is 8.27. The average Bonchev–Trinajstić information content (AvgIpc) is 3.44. The summed E-state index contributed by atoms with van der Waals surface area (Å²) in [4.78, 5) is 14.4. The number of pyridine rings is 2. The van der Waals surface area contributed by atoms with Crippen LogP contribution in [0.2, 0.25) is 0 Å². The molecule has 184 valence electrons. The van der Waals surface area contributed by atoms with E-state index in [2.05, 4.69) is 57.1 Å². The topological polar surface area (TPSA) is 83.4 Å². The van der Waals surface area contributed by atoms with E-state index in [1.807, 2.05) is 13.1 Å². The first kappa shape index (κ1) is 22.4. The zero-order valence-electron chi connectivity index (χ0n) is 20.7. The molecule has 8 nitrogen and oxygen atoms in total. The smallest absolute Gasteiger partial charge is 0.175 e. The Balaban J connectivity index is 1.35. The van der Waals surface area contributed by atoms with Gasteiger partial charge in [-0.2, -0.15) is 5.10 Å². The van der Waals surface area contributed by atoms with Crippen molar-refractivity contribution in [1.82, 2.24) is 29.9 Å². The quantitative estimate of drug-likeness (QED) is 0.449. The third-order valence-electron chi connectivity index (χ3n) is 7.41. The molecule has 4 aromatic heterocycles. The molecule has 0 radical (unpaired) electrons. The van der Waals surface area contributed by atoms with Crippen LogP contribution in [-0.4, -0.2) is 62.5 Å². The molecule has 0 unspecified atom stereocenters. The first-order chi connectivity index (χ1) is 16.8. The molecule has 6 rings (SSSR count). The van der Waals surface area contributed by atoms with Gasteiger partial charge in [-0.05, 0) is 49.8 Å². The number of nitrogens with one attached hydrogen (secondary N) is 2. The highest BCUT2D eigenvalue weighted by Gasteiger charge is 2.36. The minimum absolute atomic E-state index is 0.0799. The number of nitrogens with zero attached hydrogens (tertiary/aromatic N) is 5. The lowest BCUT2D eigenvalue weighted by atomic mass is 9.95. The van der Waals surface area contributed by atoms with Crippen molar-refractivity contribution in [2.75, 3.05) is 31.2 Å². The molecule has 2 saturated heterocycles. The molecule has 0 aromatic carbocycles. The SMILES string of the molecule is Cc1cc(-c2[nH]c3cnc(N4CCC(NC5(C)COC5)CC4)c(F)c3c2C(C)C)cn2ncnc12. The Morgan fingerprint density at radius 1 is 1.23 bits per heavy atom. The van der Waals surface area contributed by atoms with E-state index >= 15 is 4.39 Å². The maximum atomic E-state index is 16.1. The summed E-state index contributed by atoms with van der Waals surface area (Å²) >= 11 is 0. The Labute approximate surface area is 203 Å². The van der Waals surface area contributed by atoms with Gasteiger partial charge < -0.3 is 19.9 Å². The predicted octanol–water partition coefficient (Wildman–Crippen LogP) is 4.19. The number of hydrogen-bond acceptors (Lipinski definition) is 6. The highest BCUT2D eigenvalue weighted by molar-refractivity contribution is 5.93. The summed E-state index contributed by atoms with van der Waals surface area (Å²) < 4.78 is 23.3. The van der Waals surface area contributed by atoms with Gasteiger partial charge in [-0.15, -0.1) is 0 Å². The largest absolute Gasteiger partial charge is 0.377 e. The van der Waals surface area contributed by atoms with E-state index in [0.717, 1.165) is 72.7 Å². The van der Waals surface area contributed by atoms with Gasteiger partial charge in [-0.3, -0.25) is 0 Å². The second-order valence-corrected chi connectivity index (χ2v) is 10.7. The number of ether oxygens (including phenoxy) is 1. The van der Waals surface area contributed by atoms with Gasteiger partial charge in [-0.1, -0.05) is 13.8 Å². The Kier molecular flexibility index (Phi) is 5.30. The van der Waals surface area contributed by atoms with Crippen LogP contribution in [0.1, 0.15) is 50.7 Å². The van der Waals surface area contributed by atoms with Gasteiger partial charge >= 0.3 is 0 Å². The van der Waals surface area contributed by atoms with Crippen LogP contribution in [0.15, 0.2) is 24.8 Å². The fourth-order valence-corrected chi connectivity index (χ4v) is 5.64. The molecule has 2 aliphatic heterocycles. The van der Waals surface area contributed by atoms with Crippen molar-refractivity contribution >= 4 is 22.4 Å². The van der Waals surface area contributed by atoms with Crippen molar-refractivity contribution in [3.05, 3.63) is 41.7 Å². The van der Waals surface area contributed by atoms with Gasteiger partial charge in [-0.25, -0.2) is 18.9 Å². The van der Waals surface area contributed by atoms with E-state index in [4.69, 9.17) is 4.74 Å². The Morgan fingerprint density at radius 3 is 2.69 bits per heavy atom. The van der Waals surface area contributed by atoms with E-state index < -0.39 is 0 Å². The number of halogens is 1. The van der Waals surface area contributed by atoms with Crippen LogP contribution in [0.25, 0.3) is 27.8 Å². The highest BCUT2D eigenvalue weighted by Crippen LogP contribution is 2.39. The van der Waals surface area contributed by atoms with Gasteiger partial charge in [0.15, 0.2) is 17.3 Å². The van der Waals surface area contributed by atoms with E-state index in [9.17, 15) is 0 Å². The van der Waals surface area contributed by atoms with Gasteiger partial charge in [0, 0.05) is 36.3 Å². The van der Waals surface area contributed by atoms with Crippen molar-refractivity contribution in [2.45, 2.75) is 58.0 Å². The van der Waals surface area contributed by atoms with Crippen molar-refractivity contribution in [1.29, 1.82) is 0 Å². The molecular formula is C26H32FN7O. The molecule has 6 heterocycles. The Morgan fingerprint density at radius 2 is 2.00 bits per heavy atom. The molecule has 4 aromatic rings. The third kappa shape index (κ3) is 3.77. The maximum absolute atomic E-state index is 16.1. The normalized spacial score (nSPS) is 18.6. The number of aromatic nitrogens is 5. The second-order valence-electron chi connectivity index (χ2n) is 10.7. The van der Waals surface area contributed by atoms with E-state index in [1.54, 1.807) is 17.0 Å². The average molecular weight is 478 g/mol. The van der Waals surface area contributed by atoms with E-state index in [0.29, 0.717) is 17.2 Å². The molecule has 0 amide bonds. The van der Waals surface area contributed by atoms with Crippen LogP contribution >= 0.6 is 0 Å². The van der Waals surface area contributed by atoms with Gasteiger partial charge in [0.25, 0.3) is 0 Å². The van der Waals surface area contributed by atoms with Crippen LogP contribution < -0.4 is 10.2 Å². The number of H-pyrrole nitrogens is 1. The fraction of sp³-hybridized carbons (Fsp3) is 0.500. The van der Waals surface area contributed by atoms with Crippen LogP contribution in [0, 0.1) is 12.7 Å². The molecular weight excluding hydrogens is 445 g/mol. The summed E-state index contributed by atoms with van der Waals surface area (Å²) in [5.74, 6) is 0.332. The van der Waals surface area contributed by atoms with Gasteiger partial charge in [0.2, 0.25) is 0 Å². The molecule has 0 aliphatic carbocycles. The summed E-state index contributed by atoms with van der Waals surface area (Å²) in [7, 11) is 0. The standard InChI is InChI=1S/C26H32FN7O/c1-15(2)20-21-19(31-23(20)17-9-16(3)24-29-14-30-34(24)11-17)10-28-25(22(21)27)33-7-5-18(6-8-33)32-26(4)12-35-13-26/h9-11,14-15,18,31-32H,5-8,12-13H2,1-4H3. The minimum atomic E-state index is -0.238. The van der Waals surface area contributed by atoms with Crippen molar-refractivity contribution in [3.63, 3.8) is 0 Å². The van der Waals surface area contributed by atoms with Crippen molar-refractivity contribution < 1.29 is 9.13 Å². The van der Waals surface area contributed by atoms with E-state index in [-0.39, 0.29) is 17.3 Å². The lowest BCUT2D eigenvalue weighted by Gasteiger charge is -2.44. The molecule has 2 N–H and O–H groups in total. The zero-order valence-corrected chi connectivity index (χ0v) is 20.7. The number of hydrogen-bond donors (Lipinski definition) is 2. The lowest BCUT2D eigenvalue weighted by Crippen LogP contribution is -2.62. The van der Waals surface area contributed by atoms with Crippen LogP contribution in [-0.2, 0) is 4.74 Å². The molecule has 2 fully saturated rings. The van der Waals surface area contributed by atoms with Crippen LogP contribution in [0.5, 0.6) is 0 Å². The van der Waals surface area contributed by atoms with Crippen LogP contribution in [0.4, 0.5) is 10.2 Å². The van der Waals surface area contributed by atoms with E-state index in [1.165, 1.54) is 0 Å². The monoisotopic (exact) mass is 477 g/mol. The summed E-state index contributed by atoms with van der Waals surface area (Å²) in [6, 6.07) is 2.50. The fourth-order valence-electron chi connectivity index (χ4n) is 5.64. The predicted molar refractivity (Wildman–Crippen MR) is 134 cm³/mol. The Bertz CT molecular complexity index is 1400. The first-order valence-corrected chi connectivity index (χ1v) is 12.4. The molecule has 0 spiro atoms. The zero-order chi connectivity index (χ0) is 24.3. The number of piperidine rings is 1. The molecule has 2 aliphatic rings. The molecule has 9 heteroatoms. The molecule has 35 heavy (non-hydrogen) atoms. The van der Waals surface area contributed by atoms with Crippen LogP contribution in [0.3, 0.4) is 0 Å². The summed E-state index contributed by atoms with van der Waals surface area (Å²) in [6.45, 7) is 11.5. The van der Waals surface area contributed by atoms with Crippen molar-refractivity contribution in [2.24, 2.45) is 0 Å². The number of rotatable bonds is 5. The number of anilines is 1. The lowest BCUT2D eigenvalue weighted by molar-refractivity contribution is -0.0704. The molecule has 0 saturated carbocycles. The van der Waals surface area contributed by atoms with Gasteiger partial charge in [0.1, 0.15) is 6.33 Å². The third-order valence-corrected chi connectivity index (χ3v) is 7.41. The van der Waals surface area contributed by atoms with Crippen molar-refractivity contribution in [3.8, 4) is 11.3 Å². The number of aryl methyl sites for hydroxylation is 1. The number of fused-ring (bicyclic) bond motifs is 2. The van der Waals surface area contributed by atoms with Gasteiger partial charge in [0.05, 0.1) is 36.2 Å². The number of aromatic amines is 1. The summed E-state index contributed by atoms with van der Waals surface area (Å²) in [5, 5.41) is 8.67. The summed E-state index contributed by atoms with van der Waals surface area (Å²) in [6.07, 6.45) is 7.20. The highest BCUT2D eigenvalue weighted by atomic mass is 19.1. The molecule has 0 bridgehead atoms. The first-order valence-electron chi connectivity index (χ1n) is 12.4. The molecule has 0 atom stereocenters. The minimum Gasteiger partial charge on any atom is -0.377 e. The maximum Gasteiger partial charge on any atom is 0.175 e. The summed E-state index contributed by atoms with van der Waals surface area (Å²) in [5.41, 5.74) is 5.48.